The zero-order valence-electron chi connectivity index (χ0n) is 11.4. The minimum Gasteiger partial charge on any atom is -0.468 e. The number of hydrogen-bond acceptors (Lipinski definition) is 6. The molecule has 0 fully saturated rings. The lowest BCUT2D eigenvalue weighted by Crippen LogP contribution is -2.34. The van der Waals surface area contributed by atoms with Crippen molar-refractivity contribution in [1.82, 2.24) is 4.31 Å². The standard InChI is InChI=1S/C11H16NO6S2/c1-4-12(7-10(13)17-2)20(15,16)19-6-5-9(8-19)11(14)18-3/h5-6,8H,4,7H2,1-3H3/q+1. The second-order valence-electron chi connectivity index (χ2n) is 3.66. The number of carbonyl (C=O) groups excluding carboxylic acids is 2. The highest BCUT2D eigenvalue weighted by atomic mass is 33.2. The Morgan fingerprint density at radius 1 is 1.30 bits per heavy atom. The molecule has 0 aliphatic carbocycles. The van der Waals surface area contributed by atoms with Gasteiger partial charge in [0.25, 0.3) is 0 Å². The molecular weight excluding hydrogens is 306 g/mol. The number of methoxy groups -OCH3 is 2. The minimum atomic E-state index is -3.74. The third kappa shape index (κ3) is 3.56. The second-order valence-corrected chi connectivity index (χ2v) is 8.61. The molecule has 7 nitrogen and oxygen atoms in total. The number of rotatable bonds is 6. The van der Waals surface area contributed by atoms with Crippen LogP contribution in [0.4, 0.5) is 0 Å². The van der Waals surface area contributed by atoms with Crippen LogP contribution in [0, 0.1) is 0 Å². The largest absolute Gasteiger partial charge is 0.468 e. The summed E-state index contributed by atoms with van der Waals surface area (Å²) < 4.78 is 34.7. The molecule has 0 radical (unpaired) electrons. The van der Waals surface area contributed by atoms with Crippen LogP contribution >= 0.6 is 9.50 Å². The molecule has 1 aromatic heterocycles. The molecule has 0 spiro atoms. The molecule has 9 heteroatoms. The minimum absolute atomic E-state index is 0.135. The third-order valence-electron chi connectivity index (χ3n) is 2.49. The monoisotopic (exact) mass is 322 g/mol. The highest BCUT2D eigenvalue weighted by Gasteiger charge is 2.34. The van der Waals surface area contributed by atoms with E-state index in [0.29, 0.717) is 0 Å². The Labute approximate surface area is 119 Å². The summed E-state index contributed by atoms with van der Waals surface area (Å²) in [6.07, 6.45) is 0. The molecule has 1 aromatic rings. The van der Waals surface area contributed by atoms with Crippen LogP contribution in [0.2, 0.25) is 0 Å². The predicted octanol–water partition coefficient (Wildman–Crippen LogP) is 0.810. The first-order valence-corrected chi connectivity index (χ1v) is 8.95. The number of thiophene rings is 1. The van der Waals surface area contributed by atoms with Gasteiger partial charge in [-0.05, 0) is 0 Å². The van der Waals surface area contributed by atoms with E-state index < -0.39 is 30.5 Å². The van der Waals surface area contributed by atoms with Crippen LogP contribution in [0.15, 0.2) is 16.8 Å². The zero-order chi connectivity index (χ0) is 15.3. The van der Waals surface area contributed by atoms with Crippen molar-refractivity contribution in [2.75, 3.05) is 27.3 Å². The van der Waals surface area contributed by atoms with E-state index in [-0.39, 0.29) is 18.7 Å². The lowest BCUT2D eigenvalue weighted by Gasteiger charge is -2.13. The van der Waals surface area contributed by atoms with Crippen molar-refractivity contribution < 1.29 is 27.5 Å². The van der Waals surface area contributed by atoms with E-state index >= 15 is 0 Å². The Kier molecular flexibility index (Phi) is 5.66. The Morgan fingerprint density at radius 2 is 1.95 bits per heavy atom. The molecule has 112 valence electrons. The van der Waals surface area contributed by atoms with Crippen LogP contribution < -0.4 is 0 Å². The van der Waals surface area contributed by atoms with Crippen LogP contribution in [-0.2, 0) is 23.3 Å². The molecule has 1 rings (SSSR count). The van der Waals surface area contributed by atoms with Gasteiger partial charge in [-0.1, -0.05) is 6.92 Å². The van der Waals surface area contributed by atoms with Crippen molar-refractivity contribution in [2.45, 2.75) is 6.92 Å². The van der Waals surface area contributed by atoms with Gasteiger partial charge < -0.3 is 9.47 Å². The maximum atomic E-state index is 12.4. The van der Waals surface area contributed by atoms with Crippen molar-refractivity contribution in [1.29, 1.82) is 0 Å². The Hall–Kier alpha value is -1.45. The fraction of sp³-hybridized carbons (Fsp3) is 0.455. The van der Waals surface area contributed by atoms with Crippen LogP contribution in [0.5, 0.6) is 0 Å². The van der Waals surface area contributed by atoms with Crippen molar-refractivity contribution in [3.8, 4) is 0 Å². The lowest BCUT2D eigenvalue weighted by molar-refractivity contribution is -0.140. The number of nitrogens with zero attached hydrogens (tertiary/aromatic N) is 1. The molecule has 0 amide bonds. The van der Waals surface area contributed by atoms with Gasteiger partial charge in [0.1, 0.15) is 21.6 Å². The van der Waals surface area contributed by atoms with E-state index in [1.54, 1.807) is 6.92 Å². The third-order valence-corrected chi connectivity index (χ3v) is 7.60. The van der Waals surface area contributed by atoms with Gasteiger partial charge in [0.2, 0.25) is 0 Å². The molecule has 0 saturated heterocycles. The summed E-state index contributed by atoms with van der Waals surface area (Å²) in [5.41, 5.74) is 0.188. The highest BCUT2D eigenvalue weighted by molar-refractivity contribution is 8.37. The number of hydrogen-bond donors (Lipinski definition) is 0. The second kappa shape index (κ2) is 6.82. The van der Waals surface area contributed by atoms with Crippen molar-refractivity contribution in [3.63, 3.8) is 0 Å². The van der Waals surface area contributed by atoms with E-state index in [4.69, 9.17) is 0 Å². The highest BCUT2D eigenvalue weighted by Crippen LogP contribution is 2.30. The molecule has 0 aliphatic rings. The van der Waals surface area contributed by atoms with Crippen molar-refractivity contribution >= 4 is 30.5 Å². The number of likely N-dealkylation sites (N-methyl/N-ethyl adjacent to an activating group) is 1. The van der Waals surface area contributed by atoms with E-state index in [9.17, 15) is 18.0 Å². The first-order chi connectivity index (χ1) is 9.36. The average molecular weight is 322 g/mol. The normalized spacial score (nSPS) is 12.3. The fourth-order valence-corrected chi connectivity index (χ4v) is 5.73. The fourth-order valence-electron chi connectivity index (χ4n) is 1.39. The summed E-state index contributed by atoms with van der Waals surface area (Å²) in [5.74, 6) is -1.23. The molecule has 0 saturated carbocycles. The van der Waals surface area contributed by atoms with Gasteiger partial charge in [-0.2, -0.15) is 8.42 Å². The quantitative estimate of drug-likeness (QED) is 0.437. The van der Waals surface area contributed by atoms with Crippen LogP contribution in [-0.4, -0.2) is 52.0 Å². The van der Waals surface area contributed by atoms with Gasteiger partial charge in [-0.3, -0.25) is 4.79 Å². The van der Waals surface area contributed by atoms with E-state index in [0.717, 1.165) is 4.31 Å². The summed E-state index contributed by atoms with van der Waals surface area (Å²) in [6.45, 7) is 1.40. The summed E-state index contributed by atoms with van der Waals surface area (Å²) >= 11 is 0. The topological polar surface area (TPSA) is 90.0 Å². The Bertz CT molecular complexity index is 592. The molecule has 0 aromatic carbocycles. The molecule has 0 N–H and O–H groups in total. The first-order valence-electron chi connectivity index (χ1n) is 5.64. The van der Waals surface area contributed by atoms with Gasteiger partial charge in [-0.15, -0.1) is 4.31 Å². The molecule has 1 heterocycles. The van der Waals surface area contributed by atoms with Crippen LogP contribution in [0.3, 0.4) is 0 Å². The van der Waals surface area contributed by atoms with Gasteiger partial charge in [-0.25, -0.2) is 4.79 Å². The van der Waals surface area contributed by atoms with Gasteiger partial charge >= 0.3 is 21.0 Å². The van der Waals surface area contributed by atoms with Crippen LogP contribution in [0.25, 0.3) is 0 Å². The van der Waals surface area contributed by atoms with Gasteiger partial charge in [0.15, 0.2) is 10.8 Å². The molecule has 0 bridgehead atoms. The molecular formula is C11H16NO6S2+. The van der Waals surface area contributed by atoms with E-state index in [1.165, 1.54) is 31.0 Å². The van der Waals surface area contributed by atoms with Gasteiger partial charge in [0, 0.05) is 12.6 Å². The average Bonchev–Trinajstić information content (AvgIpc) is 2.93. The number of carbonyl (C=O) groups is 2. The molecule has 1 atom stereocenters. The molecule has 20 heavy (non-hydrogen) atoms. The summed E-state index contributed by atoms with van der Waals surface area (Å²) in [4.78, 5) is 22.6. The van der Waals surface area contributed by atoms with E-state index in [2.05, 4.69) is 9.47 Å². The molecule has 0 aliphatic heterocycles. The predicted molar refractivity (Wildman–Crippen MR) is 73.8 cm³/mol. The zero-order valence-corrected chi connectivity index (χ0v) is 13.0. The summed E-state index contributed by atoms with van der Waals surface area (Å²) in [6, 6.07) is 1.40. The number of ether oxygens (including phenoxy) is 2. The van der Waals surface area contributed by atoms with Gasteiger partial charge in [0.05, 0.1) is 14.2 Å². The lowest BCUT2D eigenvalue weighted by atomic mass is 10.4. The Morgan fingerprint density at radius 3 is 2.45 bits per heavy atom. The van der Waals surface area contributed by atoms with E-state index in [1.807, 2.05) is 0 Å². The Balaban J connectivity index is 3.05. The van der Waals surface area contributed by atoms with Crippen molar-refractivity contribution in [3.05, 3.63) is 22.4 Å². The molecule has 1 unspecified atom stereocenters. The SMILES string of the molecule is CCN(CC(=O)OC)S(=O)(=O)[s+]1ccc(C(=O)OC)c1. The number of esters is 2. The maximum Gasteiger partial charge on any atom is 0.412 e. The summed E-state index contributed by atoms with van der Waals surface area (Å²) in [7, 11) is -2.62. The van der Waals surface area contributed by atoms with Crippen LogP contribution in [0.1, 0.15) is 17.3 Å². The summed E-state index contributed by atoms with van der Waals surface area (Å²) in [5, 5.41) is 2.72. The van der Waals surface area contributed by atoms with Crippen molar-refractivity contribution in [2.24, 2.45) is 0 Å². The smallest absolute Gasteiger partial charge is 0.412 e. The maximum absolute atomic E-state index is 12.4. The first kappa shape index (κ1) is 16.6.